The zero-order chi connectivity index (χ0) is 20.1. The summed E-state index contributed by atoms with van der Waals surface area (Å²) in [6.07, 6.45) is 3.34. The first kappa shape index (κ1) is 20.2. The third-order valence-corrected chi connectivity index (χ3v) is 5.19. The van der Waals surface area contributed by atoms with Gasteiger partial charge in [-0.05, 0) is 42.0 Å². The topological polar surface area (TPSA) is 59.1 Å². The van der Waals surface area contributed by atoms with E-state index in [4.69, 9.17) is 27.9 Å². The van der Waals surface area contributed by atoms with E-state index < -0.39 is 0 Å². The van der Waals surface area contributed by atoms with Gasteiger partial charge in [0.15, 0.2) is 11.5 Å². The van der Waals surface area contributed by atoms with Crippen LogP contribution in [0, 0.1) is 0 Å². The highest BCUT2D eigenvalue weighted by molar-refractivity contribution is 7.07. The van der Waals surface area contributed by atoms with Crippen molar-refractivity contribution in [3.63, 3.8) is 0 Å². The van der Waals surface area contributed by atoms with Gasteiger partial charge in [-0.2, -0.15) is 5.10 Å². The molecule has 1 aromatic heterocycles. The van der Waals surface area contributed by atoms with Crippen molar-refractivity contribution in [2.24, 2.45) is 10.1 Å². The van der Waals surface area contributed by atoms with E-state index in [-0.39, 0.29) is 5.75 Å². The number of thiazole rings is 1. The molecule has 0 fully saturated rings. The van der Waals surface area contributed by atoms with Gasteiger partial charge < -0.3 is 9.84 Å². The van der Waals surface area contributed by atoms with Crippen LogP contribution in [0.5, 0.6) is 11.5 Å². The van der Waals surface area contributed by atoms with E-state index in [0.29, 0.717) is 32.7 Å². The number of halogens is 2. The molecule has 0 aliphatic rings. The van der Waals surface area contributed by atoms with E-state index in [1.165, 1.54) is 18.4 Å². The molecule has 8 heteroatoms. The fraction of sp³-hybridized carbons (Fsp3) is 0.100. The number of aromatic hydroxyl groups is 1. The van der Waals surface area contributed by atoms with Crippen LogP contribution in [0.1, 0.15) is 5.56 Å². The summed E-state index contributed by atoms with van der Waals surface area (Å²) < 4.78 is 6.75. The molecule has 0 amide bonds. The largest absolute Gasteiger partial charge is 0.504 e. The predicted molar refractivity (Wildman–Crippen MR) is 116 cm³/mol. The fourth-order valence-corrected chi connectivity index (χ4v) is 3.68. The van der Waals surface area contributed by atoms with Crippen molar-refractivity contribution in [2.75, 3.05) is 13.7 Å². The maximum Gasteiger partial charge on any atom is 0.206 e. The maximum absolute atomic E-state index is 9.97. The molecule has 144 valence electrons. The van der Waals surface area contributed by atoms with Crippen LogP contribution >= 0.6 is 34.5 Å². The first-order valence-corrected chi connectivity index (χ1v) is 9.85. The highest BCUT2D eigenvalue weighted by Crippen LogP contribution is 2.31. The van der Waals surface area contributed by atoms with Crippen molar-refractivity contribution in [2.45, 2.75) is 0 Å². The Kier molecular flexibility index (Phi) is 6.57. The molecule has 0 saturated carbocycles. The number of phenols is 1. The number of hydrogen-bond acceptors (Lipinski definition) is 5. The van der Waals surface area contributed by atoms with Crippen LogP contribution in [0.25, 0.3) is 11.3 Å². The Bertz CT molecular complexity index is 1100. The minimum atomic E-state index is 0.0384. The molecule has 1 N–H and O–H groups in total. The molecule has 0 aliphatic heterocycles. The summed E-state index contributed by atoms with van der Waals surface area (Å²) in [5, 5.41) is 17.6. The van der Waals surface area contributed by atoms with Crippen LogP contribution in [-0.2, 0) is 0 Å². The van der Waals surface area contributed by atoms with Crippen LogP contribution in [0.3, 0.4) is 0 Å². The molecular formula is C20H17Cl2N3O2S. The molecule has 3 rings (SSSR count). The minimum Gasteiger partial charge on any atom is -0.504 e. The Labute approximate surface area is 176 Å². The maximum atomic E-state index is 9.97. The number of ether oxygens (including phenoxy) is 1. The van der Waals surface area contributed by atoms with Crippen molar-refractivity contribution in [1.29, 1.82) is 0 Å². The number of rotatable bonds is 6. The Morgan fingerprint density at radius 2 is 2.07 bits per heavy atom. The van der Waals surface area contributed by atoms with Crippen molar-refractivity contribution in [3.8, 4) is 22.8 Å². The smallest absolute Gasteiger partial charge is 0.206 e. The number of phenolic OH excluding ortho intramolecular Hbond substituents is 1. The molecule has 0 radical (unpaired) electrons. The van der Waals surface area contributed by atoms with Gasteiger partial charge in [-0.15, -0.1) is 17.9 Å². The van der Waals surface area contributed by atoms with Gasteiger partial charge >= 0.3 is 0 Å². The fourth-order valence-electron chi connectivity index (χ4n) is 2.45. The summed E-state index contributed by atoms with van der Waals surface area (Å²) in [6.45, 7) is 4.16. The first-order valence-electron chi connectivity index (χ1n) is 8.22. The third-order valence-electron chi connectivity index (χ3n) is 3.77. The number of methoxy groups -OCH3 is 1. The summed E-state index contributed by atoms with van der Waals surface area (Å²) in [4.78, 5) is 5.16. The van der Waals surface area contributed by atoms with E-state index >= 15 is 0 Å². The number of aromatic nitrogens is 1. The van der Waals surface area contributed by atoms with Crippen molar-refractivity contribution < 1.29 is 9.84 Å². The molecule has 1 heterocycles. The van der Waals surface area contributed by atoms with Crippen LogP contribution < -0.4 is 9.54 Å². The number of benzene rings is 2. The first-order chi connectivity index (χ1) is 13.5. The lowest BCUT2D eigenvalue weighted by Crippen LogP contribution is -2.12. The van der Waals surface area contributed by atoms with Crippen LogP contribution in [-0.4, -0.2) is 29.7 Å². The van der Waals surface area contributed by atoms with Crippen molar-refractivity contribution in [1.82, 2.24) is 4.68 Å². The van der Waals surface area contributed by atoms with E-state index in [1.54, 1.807) is 53.4 Å². The lowest BCUT2D eigenvalue weighted by Gasteiger charge is -2.07. The second kappa shape index (κ2) is 9.10. The van der Waals surface area contributed by atoms with Gasteiger partial charge in [0.2, 0.25) is 4.80 Å². The van der Waals surface area contributed by atoms with Gasteiger partial charge in [-0.25, -0.2) is 4.68 Å². The van der Waals surface area contributed by atoms with Crippen molar-refractivity contribution in [3.05, 3.63) is 74.8 Å². The van der Waals surface area contributed by atoms with E-state index in [1.807, 2.05) is 5.38 Å². The molecule has 0 atom stereocenters. The molecular weight excluding hydrogens is 417 g/mol. The van der Waals surface area contributed by atoms with Gasteiger partial charge in [0, 0.05) is 16.0 Å². The zero-order valence-corrected chi connectivity index (χ0v) is 17.3. The quantitative estimate of drug-likeness (QED) is 0.428. The molecule has 0 spiro atoms. The molecule has 3 aromatic rings. The molecule has 0 saturated heterocycles. The minimum absolute atomic E-state index is 0.0384. The predicted octanol–water partition coefficient (Wildman–Crippen LogP) is 5.21. The zero-order valence-electron chi connectivity index (χ0n) is 15.0. The monoisotopic (exact) mass is 433 g/mol. The summed E-state index contributed by atoms with van der Waals surface area (Å²) in [6, 6.07) is 10.3. The highest BCUT2D eigenvalue weighted by atomic mass is 35.5. The molecule has 0 aliphatic carbocycles. The van der Waals surface area contributed by atoms with E-state index in [0.717, 1.165) is 11.3 Å². The van der Waals surface area contributed by atoms with Gasteiger partial charge in [-0.3, -0.25) is 4.99 Å². The highest BCUT2D eigenvalue weighted by Gasteiger charge is 2.12. The summed E-state index contributed by atoms with van der Waals surface area (Å²) in [5.41, 5.74) is 2.21. The van der Waals surface area contributed by atoms with Gasteiger partial charge in [0.1, 0.15) is 0 Å². The van der Waals surface area contributed by atoms with Gasteiger partial charge in [0.25, 0.3) is 0 Å². The second-order valence-corrected chi connectivity index (χ2v) is 7.32. The molecule has 2 aromatic carbocycles. The summed E-state index contributed by atoms with van der Waals surface area (Å²) >= 11 is 14.0. The summed E-state index contributed by atoms with van der Waals surface area (Å²) in [5.74, 6) is 0.435. The average Bonchev–Trinajstić information content (AvgIpc) is 3.09. The standard InChI is InChI=1S/C20H17Cl2N3O2S/c1-3-8-23-20-25(24-11-13-4-7-19(27-2)18(26)9-13)17(12-28-20)15-10-14(21)5-6-16(15)22/h3-7,9-12,26H,1,8H2,2H3. The third kappa shape index (κ3) is 4.47. The Hall–Kier alpha value is -2.54. The Morgan fingerprint density at radius 1 is 1.25 bits per heavy atom. The SMILES string of the molecule is C=CCN=c1scc(-c2cc(Cl)ccc2Cl)n1N=Cc1ccc(OC)c(O)c1. The average molecular weight is 434 g/mol. The van der Waals surface area contributed by atoms with Crippen LogP contribution in [0.4, 0.5) is 0 Å². The van der Waals surface area contributed by atoms with Gasteiger partial charge in [0.05, 0.1) is 30.6 Å². The molecule has 0 unspecified atom stereocenters. The lowest BCUT2D eigenvalue weighted by molar-refractivity contribution is 0.373. The van der Waals surface area contributed by atoms with Crippen LogP contribution in [0.2, 0.25) is 10.0 Å². The molecule has 0 bridgehead atoms. The van der Waals surface area contributed by atoms with E-state index in [2.05, 4.69) is 16.7 Å². The number of nitrogens with zero attached hydrogens (tertiary/aromatic N) is 3. The summed E-state index contributed by atoms with van der Waals surface area (Å²) in [7, 11) is 1.50. The van der Waals surface area contributed by atoms with Crippen LogP contribution in [0.15, 0.2) is 64.5 Å². The van der Waals surface area contributed by atoms with E-state index in [9.17, 15) is 5.11 Å². The molecule has 5 nitrogen and oxygen atoms in total. The molecule has 28 heavy (non-hydrogen) atoms. The van der Waals surface area contributed by atoms with Crippen molar-refractivity contribution >= 4 is 40.8 Å². The second-order valence-electron chi connectivity index (χ2n) is 5.64. The number of hydrogen-bond donors (Lipinski definition) is 1. The Balaban J connectivity index is 2.10. The lowest BCUT2D eigenvalue weighted by atomic mass is 10.2. The normalized spacial score (nSPS) is 11.9. The van der Waals surface area contributed by atoms with Gasteiger partial charge in [-0.1, -0.05) is 29.3 Å². The Morgan fingerprint density at radius 3 is 2.79 bits per heavy atom.